The molecule has 1 aliphatic heterocycles. The number of hydrogen-bond donors (Lipinski definition) is 1. The van der Waals surface area contributed by atoms with Gasteiger partial charge in [-0.1, -0.05) is 6.07 Å². The highest BCUT2D eigenvalue weighted by Crippen LogP contribution is 2.12. The highest BCUT2D eigenvalue weighted by atomic mass is 19.1. The van der Waals surface area contributed by atoms with E-state index in [2.05, 4.69) is 0 Å². The first-order valence-corrected chi connectivity index (χ1v) is 7.03. The lowest BCUT2D eigenvalue weighted by molar-refractivity contribution is -0.131. The van der Waals surface area contributed by atoms with Crippen molar-refractivity contribution in [2.45, 2.75) is 25.9 Å². The summed E-state index contributed by atoms with van der Waals surface area (Å²) in [6, 6.07) is 4.83. The van der Waals surface area contributed by atoms with Crippen LogP contribution in [0.15, 0.2) is 18.2 Å². The Hall–Kier alpha value is -1.46. The Morgan fingerprint density at radius 1 is 1.30 bits per heavy atom. The average Bonchev–Trinajstić information content (AvgIpc) is 2.91. The fourth-order valence-corrected chi connectivity index (χ4v) is 2.59. The highest BCUT2D eigenvalue weighted by Gasteiger charge is 2.19. The molecule has 1 heterocycles. The molecule has 4 nitrogen and oxygen atoms in total. The molecule has 1 aliphatic rings. The van der Waals surface area contributed by atoms with Crippen molar-refractivity contribution in [3.05, 3.63) is 35.1 Å². The minimum Gasteiger partial charge on any atom is -0.342 e. The van der Waals surface area contributed by atoms with Gasteiger partial charge < -0.3 is 10.6 Å². The molecule has 0 radical (unpaired) electrons. The van der Waals surface area contributed by atoms with E-state index in [9.17, 15) is 9.18 Å². The van der Waals surface area contributed by atoms with Gasteiger partial charge in [0.05, 0.1) is 6.54 Å². The van der Waals surface area contributed by atoms with Gasteiger partial charge in [0.1, 0.15) is 5.82 Å². The predicted octanol–water partition coefficient (Wildman–Crippen LogP) is 1.34. The molecule has 0 bridgehead atoms. The molecule has 0 aromatic heterocycles. The van der Waals surface area contributed by atoms with E-state index < -0.39 is 0 Å². The molecule has 1 saturated heterocycles. The molecule has 1 fully saturated rings. The third-order valence-corrected chi connectivity index (χ3v) is 3.57. The summed E-state index contributed by atoms with van der Waals surface area (Å²) in [5.74, 6) is -0.123. The maximum Gasteiger partial charge on any atom is 0.236 e. The van der Waals surface area contributed by atoms with Gasteiger partial charge in [-0.15, -0.1) is 0 Å². The first-order valence-electron chi connectivity index (χ1n) is 7.03. The first kappa shape index (κ1) is 14.9. The van der Waals surface area contributed by atoms with Crippen molar-refractivity contribution in [3.63, 3.8) is 0 Å². The fraction of sp³-hybridized carbons (Fsp3) is 0.533. The molecule has 1 aromatic rings. The minimum absolute atomic E-state index is 0.153. The SMILES string of the molecule is CN(CC(=O)N1CCCC1)Cc1cc(F)cc(CN)c1. The van der Waals surface area contributed by atoms with Crippen molar-refractivity contribution in [1.82, 2.24) is 9.80 Å². The normalized spacial score (nSPS) is 15.1. The third-order valence-electron chi connectivity index (χ3n) is 3.57. The number of likely N-dealkylation sites (N-methyl/N-ethyl adjacent to an activating group) is 1. The number of rotatable bonds is 5. The van der Waals surface area contributed by atoms with Gasteiger partial charge in [0, 0.05) is 26.2 Å². The molecule has 110 valence electrons. The zero-order valence-corrected chi connectivity index (χ0v) is 11.9. The molecule has 0 atom stereocenters. The van der Waals surface area contributed by atoms with Crippen LogP contribution in [0, 0.1) is 5.82 Å². The Labute approximate surface area is 119 Å². The second kappa shape index (κ2) is 6.81. The number of carbonyl (C=O) groups excluding carboxylic acids is 1. The minimum atomic E-state index is -0.276. The van der Waals surface area contributed by atoms with E-state index >= 15 is 0 Å². The standard InChI is InChI=1S/C15H22FN3O/c1-18(11-15(20)19-4-2-3-5-19)10-13-6-12(9-17)7-14(16)8-13/h6-8H,2-5,9-11,17H2,1H3. The summed E-state index contributed by atoms with van der Waals surface area (Å²) in [5, 5.41) is 0. The zero-order valence-electron chi connectivity index (χ0n) is 11.9. The molecule has 1 aromatic carbocycles. The van der Waals surface area contributed by atoms with Crippen LogP contribution in [0.5, 0.6) is 0 Å². The van der Waals surface area contributed by atoms with Crippen LogP contribution < -0.4 is 5.73 Å². The molecule has 2 rings (SSSR count). The first-order chi connectivity index (χ1) is 9.58. The van der Waals surface area contributed by atoms with Crippen LogP contribution >= 0.6 is 0 Å². The molecule has 0 aliphatic carbocycles. The summed E-state index contributed by atoms with van der Waals surface area (Å²) in [6.45, 7) is 2.97. The lowest BCUT2D eigenvalue weighted by atomic mass is 10.1. The number of halogens is 1. The van der Waals surface area contributed by atoms with Crippen LogP contribution in [0.25, 0.3) is 0 Å². The van der Waals surface area contributed by atoms with E-state index in [1.54, 1.807) is 0 Å². The van der Waals surface area contributed by atoms with Crippen LogP contribution in [0.4, 0.5) is 4.39 Å². The van der Waals surface area contributed by atoms with Crippen molar-refractivity contribution in [2.75, 3.05) is 26.7 Å². The van der Waals surface area contributed by atoms with Gasteiger partial charge in [0.2, 0.25) is 5.91 Å². The summed E-state index contributed by atoms with van der Waals surface area (Å²) in [4.78, 5) is 15.8. The highest BCUT2D eigenvalue weighted by molar-refractivity contribution is 5.78. The topological polar surface area (TPSA) is 49.6 Å². The molecular weight excluding hydrogens is 257 g/mol. The molecule has 2 N–H and O–H groups in total. The Kier molecular flexibility index (Phi) is 5.09. The van der Waals surface area contributed by atoms with Gasteiger partial charge in [0.15, 0.2) is 0 Å². The van der Waals surface area contributed by atoms with E-state index in [4.69, 9.17) is 5.73 Å². The number of amides is 1. The van der Waals surface area contributed by atoms with Crippen LogP contribution in [0.2, 0.25) is 0 Å². The maximum atomic E-state index is 13.4. The fourth-order valence-electron chi connectivity index (χ4n) is 2.59. The van der Waals surface area contributed by atoms with Crippen molar-refractivity contribution in [1.29, 1.82) is 0 Å². The van der Waals surface area contributed by atoms with Crippen LogP contribution in [0.3, 0.4) is 0 Å². The summed E-state index contributed by atoms with van der Waals surface area (Å²) in [6.07, 6.45) is 2.19. The maximum absolute atomic E-state index is 13.4. The van der Waals surface area contributed by atoms with Gasteiger partial charge in [-0.25, -0.2) is 4.39 Å². The van der Waals surface area contributed by atoms with E-state index in [1.165, 1.54) is 12.1 Å². The monoisotopic (exact) mass is 279 g/mol. The second-order valence-electron chi connectivity index (χ2n) is 5.43. The number of benzene rings is 1. The van der Waals surface area contributed by atoms with E-state index in [-0.39, 0.29) is 11.7 Å². The summed E-state index contributed by atoms with van der Waals surface area (Å²) in [5.41, 5.74) is 7.17. The average molecular weight is 279 g/mol. The van der Waals surface area contributed by atoms with E-state index in [1.807, 2.05) is 22.9 Å². The Bertz CT molecular complexity index is 472. The van der Waals surface area contributed by atoms with Crippen molar-refractivity contribution < 1.29 is 9.18 Å². The van der Waals surface area contributed by atoms with Gasteiger partial charge in [0.25, 0.3) is 0 Å². The van der Waals surface area contributed by atoms with Crippen LogP contribution in [-0.4, -0.2) is 42.4 Å². The Balaban J connectivity index is 1.91. The quantitative estimate of drug-likeness (QED) is 0.885. The molecule has 20 heavy (non-hydrogen) atoms. The predicted molar refractivity (Wildman–Crippen MR) is 76.4 cm³/mol. The summed E-state index contributed by atoms with van der Waals surface area (Å²) in [7, 11) is 1.88. The van der Waals surface area contributed by atoms with Crippen LogP contribution in [0.1, 0.15) is 24.0 Å². The Morgan fingerprint density at radius 3 is 2.60 bits per heavy atom. The lowest BCUT2D eigenvalue weighted by Gasteiger charge is -2.21. The second-order valence-corrected chi connectivity index (χ2v) is 5.43. The zero-order chi connectivity index (χ0) is 14.5. The molecule has 0 saturated carbocycles. The molecular formula is C15H22FN3O. The van der Waals surface area contributed by atoms with Gasteiger partial charge in [-0.2, -0.15) is 0 Å². The molecule has 0 spiro atoms. The number of nitrogens with zero attached hydrogens (tertiary/aromatic N) is 2. The van der Waals surface area contributed by atoms with Crippen molar-refractivity contribution in [2.24, 2.45) is 5.73 Å². The summed E-state index contributed by atoms with van der Waals surface area (Å²) < 4.78 is 13.4. The Morgan fingerprint density at radius 2 is 1.95 bits per heavy atom. The number of likely N-dealkylation sites (tertiary alicyclic amines) is 1. The molecule has 5 heteroatoms. The molecule has 1 amide bonds. The summed E-state index contributed by atoms with van der Waals surface area (Å²) >= 11 is 0. The van der Waals surface area contributed by atoms with Gasteiger partial charge in [-0.3, -0.25) is 9.69 Å². The number of carbonyl (C=O) groups is 1. The third kappa shape index (κ3) is 4.02. The van der Waals surface area contributed by atoms with Gasteiger partial charge in [-0.05, 0) is 43.1 Å². The van der Waals surface area contributed by atoms with E-state index in [0.717, 1.165) is 37.1 Å². The molecule has 0 unspecified atom stereocenters. The van der Waals surface area contributed by atoms with Crippen LogP contribution in [-0.2, 0) is 17.9 Å². The van der Waals surface area contributed by atoms with Crippen molar-refractivity contribution in [3.8, 4) is 0 Å². The van der Waals surface area contributed by atoms with Crippen molar-refractivity contribution >= 4 is 5.91 Å². The number of hydrogen-bond acceptors (Lipinski definition) is 3. The van der Waals surface area contributed by atoms with E-state index in [0.29, 0.717) is 19.6 Å². The van der Waals surface area contributed by atoms with Gasteiger partial charge >= 0.3 is 0 Å². The smallest absolute Gasteiger partial charge is 0.236 e. The lowest BCUT2D eigenvalue weighted by Crippen LogP contribution is -2.37. The number of nitrogens with two attached hydrogens (primary N) is 1. The largest absolute Gasteiger partial charge is 0.342 e.